The summed E-state index contributed by atoms with van der Waals surface area (Å²) >= 11 is 6.35. The summed E-state index contributed by atoms with van der Waals surface area (Å²) < 4.78 is 9.98. The molecule has 6 nitrogen and oxygen atoms in total. The molecule has 1 aliphatic rings. The number of carbonyl (C=O) groups excluding carboxylic acids is 1. The van der Waals surface area contributed by atoms with Crippen LogP contribution in [0.25, 0.3) is 0 Å². The van der Waals surface area contributed by atoms with Crippen LogP contribution < -0.4 is 0 Å². The molecule has 1 aliphatic heterocycles. The van der Waals surface area contributed by atoms with E-state index in [-0.39, 0.29) is 5.97 Å². The molecule has 0 N–H and O–H groups in total. The van der Waals surface area contributed by atoms with Crippen LogP contribution in [-0.2, 0) is 9.47 Å². The highest BCUT2D eigenvalue weighted by atomic mass is 35.5. The van der Waals surface area contributed by atoms with Gasteiger partial charge in [-0.15, -0.1) is 0 Å². The molecular formula is C22H26ClN3O3. The fourth-order valence-electron chi connectivity index (χ4n) is 3.25. The van der Waals surface area contributed by atoms with Crippen molar-refractivity contribution in [2.75, 3.05) is 53.6 Å². The van der Waals surface area contributed by atoms with E-state index in [4.69, 9.17) is 26.1 Å². The molecule has 0 bridgehead atoms. The summed E-state index contributed by atoms with van der Waals surface area (Å²) in [6.07, 6.45) is 0. The van der Waals surface area contributed by atoms with Crippen molar-refractivity contribution in [3.8, 4) is 0 Å². The Morgan fingerprint density at radius 2 is 1.66 bits per heavy atom. The van der Waals surface area contributed by atoms with Crippen LogP contribution in [0.1, 0.15) is 15.9 Å². The first-order valence-corrected chi connectivity index (χ1v) is 9.98. The van der Waals surface area contributed by atoms with E-state index < -0.39 is 0 Å². The van der Waals surface area contributed by atoms with E-state index in [1.54, 1.807) is 19.2 Å². The first-order valence-electron chi connectivity index (χ1n) is 9.60. The zero-order valence-corrected chi connectivity index (χ0v) is 17.6. The van der Waals surface area contributed by atoms with E-state index in [9.17, 15) is 4.79 Å². The highest BCUT2D eigenvalue weighted by Gasteiger charge is 2.21. The van der Waals surface area contributed by atoms with Crippen LogP contribution in [-0.4, -0.2) is 75.2 Å². The van der Waals surface area contributed by atoms with E-state index in [1.165, 1.54) is 7.11 Å². The fourth-order valence-corrected chi connectivity index (χ4v) is 3.43. The molecule has 154 valence electrons. The predicted molar refractivity (Wildman–Crippen MR) is 115 cm³/mol. The number of para-hydroxylation sites is 1. The Morgan fingerprint density at radius 3 is 2.28 bits per heavy atom. The van der Waals surface area contributed by atoms with Crippen molar-refractivity contribution in [3.05, 3.63) is 64.7 Å². The van der Waals surface area contributed by atoms with Gasteiger partial charge in [-0.1, -0.05) is 35.9 Å². The summed E-state index contributed by atoms with van der Waals surface area (Å²) in [5, 5.41) is 0.606. The topological polar surface area (TPSA) is 54.4 Å². The van der Waals surface area contributed by atoms with Crippen molar-refractivity contribution in [2.24, 2.45) is 4.99 Å². The van der Waals surface area contributed by atoms with Gasteiger partial charge in [0.25, 0.3) is 0 Å². The van der Waals surface area contributed by atoms with Crippen molar-refractivity contribution >= 4 is 29.1 Å². The van der Waals surface area contributed by atoms with Crippen LogP contribution in [0.5, 0.6) is 0 Å². The molecule has 0 saturated carbocycles. The maximum Gasteiger partial charge on any atom is 0.337 e. The molecule has 7 heteroatoms. The number of rotatable bonds is 6. The number of hydrogen-bond donors (Lipinski definition) is 0. The third-order valence-electron chi connectivity index (χ3n) is 4.93. The maximum atomic E-state index is 11.8. The summed E-state index contributed by atoms with van der Waals surface area (Å²) in [6, 6.07) is 14.9. The Bertz CT molecular complexity index is 847. The standard InChI is InChI=1S/C22H26ClN3O3/c1-28-16-15-25-11-13-26(14-12-25)21(24-20-6-4-3-5-19(20)23)17-7-9-18(10-8-17)22(27)29-2/h3-10H,11-16H2,1-2H3/b24-21-. The van der Waals surface area contributed by atoms with E-state index in [1.807, 2.05) is 36.4 Å². The molecule has 1 heterocycles. The molecule has 3 rings (SSSR count). The van der Waals surface area contributed by atoms with Gasteiger partial charge in [-0.25, -0.2) is 9.79 Å². The van der Waals surface area contributed by atoms with Gasteiger partial charge in [0.15, 0.2) is 0 Å². The predicted octanol–water partition coefficient (Wildman–Crippen LogP) is 3.47. The van der Waals surface area contributed by atoms with Gasteiger partial charge in [0.1, 0.15) is 5.84 Å². The molecule has 1 saturated heterocycles. The number of esters is 1. The van der Waals surface area contributed by atoms with Crippen molar-refractivity contribution in [1.82, 2.24) is 9.80 Å². The van der Waals surface area contributed by atoms with Gasteiger partial charge in [0.05, 0.1) is 30.0 Å². The molecule has 2 aromatic carbocycles. The minimum atomic E-state index is -0.354. The third kappa shape index (κ3) is 5.56. The molecule has 0 aliphatic carbocycles. The van der Waals surface area contributed by atoms with Crippen LogP contribution in [0.15, 0.2) is 53.5 Å². The Hall–Kier alpha value is -2.41. The lowest BCUT2D eigenvalue weighted by molar-refractivity contribution is 0.0600. The molecule has 29 heavy (non-hydrogen) atoms. The lowest BCUT2D eigenvalue weighted by atomic mass is 10.1. The van der Waals surface area contributed by atoms with Gasteiger partial charge in [-0.2, -0.15) is 0 Å². The highest BCUT2D eigenvalue weighted by Crippen LogP contribution is 2.26. The number of halogens is 1. The molecule has 0 spiro atoms. The van der Waals surface area contributed by atoms with Crippen LogP contribution in [0.4, 0.5) is 5.69 Å². The Labute approximate surface area is 176 Å². The quantitative estimate of drug-likeness (QED) is 0.411. The number of methoxy groups -OCH3 is 2. The summed E-state index contributed by atoms with van der Waals surface area (Å²) in [5.41, 5.74) is 2.17. The van der Waals surface area contributed by atoms with Gasteiger partial charge in [0, 0.05) is 45.4 Å². The van der Waals surface area contributed by atoms with Crippen molar-refractivity contribution in [1.29, 1.82) is 0 Å². The molecule has 2 aromatic rings. The molecule has 0 amide bonds. The zero-order chi connectivity index (χ0) is 20.6. The molecular weight excluding hydrogens is 390 g/mol. The lowest BCUT2D eigenvalue weighted by Crippen LogP contribution is -2.49. The number of amidine groups is 1. The average molecular weight is 416 g/mol. The first kappa shape index (κ1) is 21.3. The second-order valence-electron chi connectivity index (χ2n) is 6.78. The van der Waals surface area contributed by atoms with Gasteiger partial charge in [-0.3, -0.25) is 4.90 Å². The van der Waals surface area contributed by atoms with Gasteiger partial charge in [-0.05, 0) is 24.3 Å². The number of ether oxygens (including phenoxy) is 2. The number of aliphatic imine (C=N–C) groups is 1. The van der Waals surface area contributed by atoms with Crippen LogP contribution in [0.3, 0.4) is 0 Å². The minimum absolute atomic E-state index is 0.354. The van der Waals surface area contributed by atoms with E-state index in [2.05, 4.69) is 9.80 Å². The van der Waals surface area contributed by atoms with Crippen molar-refractivity contribution in [2.45, 2.75) is 0 Å². The Balaban J connectivity index is 1.87. The molecule has 0 atom stereocenters. The summed E-state index contributed by atoms with van der Waals surface area (Å²) in [6.45, 7) is 5.23. The van der Waals surface area contributed by atoms with E-state index in [0.717, 1.165) is 56.4 Å². The van der Waals surface area contributed by atoms with Crippen molar-refractivity contribution < 1.29 is 14.3 Å². The SMILES string of the molecule is COCCN1CCN(/C(=N\c2ccccc2Cl)c2ccc(C(=O)OC)cc2)CC1. The highest BCUT2D eigenvalue weighted by molar-refractivity contribution is 6.33. The number of benzene rings is 2. The van der Waals surface area contributed by atoms with Crippen molar-refractivity contribution in [3.63, 3.8) is 0 Å². The van der Waals surface area contributed by atoms with Crippen LogP contribution >= 0.6 is 11.6 Å². The summed E-state index contributed by atoms with van der Waals surface area (Å²) in [5.74, 6) is 0.494. The largest absolute Gasteiger partial charge is 0.465 e. The minimum Gasteiger partial charge on any atom is -0.465 e. The normalized spacial score (nSPS) is 15.4. The van der Waals surface area contributed by atoms with Crippen LogP contribution in [0, 0.1) is 0 Å². The molecule has 0 aromatic heterocycles. The fraction of sp³-hybridized carbons (Fsp3) is 0.364. The third-order valence-corrected chi connectivity index (χ3v) is 5.25. The molecule has 0 radical (unpaired) electrons. The lowest BCUT2D eigenvalue weighted by Gasteiger charge is -2.36. The summed E-state index contributed by atoms with van der Waals surface area (Å²) in [7, 11) is 3.10. The zero-order valence-electron chi connectivity index (χ0n) is 16.8. The maximum absolute atomic E-state index is 11.8. The average Bonchev–Trinajstić information content (AvgIpc) is 2.77. The number of piperazine rings is 1. The van der Waals surface area contributed by atoms with Gasteiger partial charge in [0.2, 0.25) is 0 Å². The Morgan fingerprint density at radius 1 is 1.00 bits per heavy atom. The Kier molecular flexibility index (Phi) is 7.63. The van der Waals surface area contributed by atoms with E-state index >= 15 is 0 Å². The number of hydrogen-bond acceptors (Lipinski definition) is 5. The van der Waals surface area contributed by atoms with E-state index in [0.29, 0.717) is 10.6 Å². The van der Waals surface area contributed by atoms with Crippen LogP contribution in [0.2, 0.25) is 5.02 Å². The van der Waals surface area contributed by atoms with Gasteiger partial charge < -0.3 is 14.4 Å². The smallest absolute Gasteiger partial charge is 0.337 e. The molecule has 1 fully saturated rings. The van der Waals surface area contributed by atoms with Gasteiger partial charge >= 0.3 is 5.97 Å². The second kappa shape index (κ2) is 10.4. The number of nitrogens with zero attached hydrogens (tertiary/aromatic N) is 3. The monoisotopic (exact) mass is 415 g/mol. The summed E-state index contributed by atoms with van der Waals surface area (Å²) in [4.78, 5) is 21.3. The second-order valence-corrected chi connectivity index (χ2v) is 7.18. The first-order chi connectivity index (χ1) is 14.1. The molecule has 0 unspecified atom stereocenters. The number of carbonyl (C=O) groups is 1.